The fourth-order valence-electron chi connectivity index (χ4n) is 8.71. The Morgan fingerprint density at radius 1 is 1.10 bits per heavy atom. The van der Waals surface area contributed by atoms with Gasteiger partial charge in [-0.2, -0.15) is 0 Å². The Labute approximate surface area is 187 Å². The first kappa shape index (κ1) is 21.0. The molecule has 3 unspecified atom stereocenters. The van der Waals surface area contributed by atoms with E-state index in [1.807, 2.05) is 12.1 Å². The van der Waals surface area contributed by atoms with Gasteiger partial charge in [0.2, 0.25) is 0 Å². The lowest BCUT2D eigenvalue weighted by Gasteiger charge is -2.63. The minimum Gasteiger partial charge on any atom is -0.303 e. The van der Waals surface area contributed by atoms with E-state index in [-0.39, 0.29) is 11.3 Å². The lowest BCUT2D eigenvalue weighted by Crippen LogP contribution is -2.62. The topological polar surface area (TPSA) is 20.3 Å². The molecule has 3 heteroatoms. The second-order valence-corrected chi connectivity index (χ2v) is 12.1. The first-order chi connectivity index (χ1) is 14.2. The van der Waals surface area contributed by atoms with Crippen molar-refractivity contribution in [3.05, 3.63) is 34.9 Å². The maximum absolute atomic E-state index is 13.7. The van der Waals surface area contributed by atoms with Crippen molar-refractivity contribution in [2.24, 2.45) is 40.4 Å². The van der Waals surface area contributed by atoms with Gasteiger partial charge in [-0.1, -0.05) is 44.5 Å². The number of carbonyl (C=O) groups excluding carboxylic acids is 1. The van der Waals surface area contributed by atoms with Crippen LogP contribution in [0.5, 0.6) is 0 Å². The van der Waals surface area contributed by atoms with Gasteiger partial charge < -0.3 is 4.90 Å². The van der Waals surface area contributed by atoms with E-state index in [0.717, 1.165) is 48.1 Å². The Bertz CT molecular complexity index is 821. The molecule has 0 spiro atoms. The molecular formula is C27H38ClNO. The highest BCUT2D eigenvalue weighted by atomic mass is 35.5. The molecule has 1 saturated heterocycles. The Morgan fingerprint density at radius 3 is 2.57 bits per heavy atom. The maximum Gasteiger partial charge on any atom is 0.142 e. The van der Waals surface area contributed by atoms with Crippen molar-refractivity contribution in [3.63, 3.8) is 0 Å². The number of ketones is 1. The fourth-order valence-corrected chi connectivity index (χ4v) is 8.84. The third-order valence-corrected chi connectivity index (χ3v) is 10.5. The van der Waals surface area contributed by atoms with E-state index in [1.54, 1.807) is 0 Å². The third-order valence-electron chi connectivity index (χ3n) is 10.2. The highest BCUT2D eigenvalue weighted by Crippen LogP contribution is 2.65. The van der Waals surface area contributed by atoms with Gasteiger partial charge in [0.05, 0.1) is 0 Å². The van der Waals surface area contributed by atoms with E-state index < -0.39 is 0 Å². The first-order valence-corrected chi connectivity index (χ1v) is 12.6. The van der Waals surface area contributed by atoms with Crippen LogP contribution in [0, 0.1) is 40.4 Å². The molecule has 0 N–H and O–H groups in total. The summed E-state index contributed by atoms with van der Waals surface area (Å²) in [6.07, 6.45) is 8.37. The lowest BCUT2D eigenvalue weighted by molar-refractivity contribution is -0.151. The number of benzene rings is 1. The van der Waals surface area contributed by atoms with Gasteiger partial charge in [-0.05, 0) is 105 Å². The molecule has 1 heterocycles. The molecule has 1 aromatic rings. The summed E-state index contributed by atoms with van der Waals surface area (Å²) in [5.41, 5.74) is 1.59. The van der Waals surface area contributed by atoms with E-state index in [9.17, 15) is 4.79 Å². The largest absolute Gasteiger partial charge is 0.303 e. The van der Waals surface area contributed by atoms with Gasteiger partial charge >= 0.3 is 0 Å². The molecule has 3 saturated carbocycles. The quantitative estimate of drug-likeness (QED) is 0.555. The second-order valence-electron chi connectivity index (χ2n) is 11.7. The third kappa shape index (κ3) is 3.04. The monoisotopic (exact) mass is 427 g/mol. The van der Waals surface area contributed by atoms with Gasteiger partial charge in [-0.15, -0.1) is 0 Å². The number of fused-ring (bicyclic) bond motifs is 5. The summed E-state index contributed by atoms with van der Waals surface area (Å²) in [4.78, 5) is 16.4. The lowest BCUT2D eigenvalue weighted by atomic mass is 9.45. The molecule has 30 heavy (non-hydrogen) atoms. The molecule has 5 rings (SSSR count). The molecule has 8 atom stereocenters. The highest BCUT2D eigenvalue weighted by Gasteiger charge is 2.63. The van der Waals surface area contributed by atoms with Crippen LogP contribution in [-0.2, 0) is 11.2 Å². The van der Waals surface area contributed by atoms with Crippen molar-refractivity contribution < 1.29 is 4.79 Å². The smallest absolute Gasteiger partial charge is 0.142 e. The summed E-state index contributed by atoms with van der Waals surface area (Å²) in [6.45, 7) is 8.68. The summed E-state index contributed by atoms with van der Waals surface area (Å²) in [6, 6.07) is 8.87. The van der Waals surface area contributed by atoms with Crippen molar-refractivity contribution in [1.29, 1.82) is 0 Å². The van der Waals surface area contributed by atoms with Crippen LogP contribution in [0.1, 0.15) is 64.9 Å². The number of carbonyl (C=O) groups is 1. The van der Waals surface area contributed by atoms with Crippen molar-refractivity contribution in [2.45, 2.75) is 71.8 Å². The molecule has 0 aromatic heterocycles. The Kier molecular flexibility index (Phi) is 5.14. The van der Waals surface area contributed by atoms with Crippen LogP contribution in [-0.4, -0.2) is 30.3 Å². The van der Waals surface area contributed by atoms with Crippen molar-refractivity contribution in [3.8, 4) is 0 Å². The molecule has 164 valence electrons. The molecule has 0 radical (unpaired) electrons. The second kappa shape index (κ2) is 7.34. The fraction of sp³-hybridized carbons (Fsp3) is 0.741. The van der Waals surface area contributed by atoms with Crippen molar-refractivity contribution >= 4 is 17.4 Å². The van der Waals surface area contributed by atoms with Crippen LogP contribution in [0.25, 0.3) is 0 Å². The molecule has 0 amide bonds. The van der Waals surface area contributed by atoms with Crippen LogP contribution in [0.3, 0.4) is 0 Å². The maximum atomic E-state index is 13.7. The highest BCUT2D eigenvalue weighted by molar-refractivity contribution is 6.30. The molecule has 3 aliphatic carbocycles. The minimum atomic E-state index is -0.101. The summed E-state index contributed by atoms with van der Waals surface area (Å²) < 4.78 is 0. The Balaban J connectivity index is 1.43. The number of hydrogen-bond acceptors (Lipinski definition) is 2. The van der Waals surface area contributed by atoms with Crippen LogP contribution in [0.2, 0.25) is 5.02 Å². The number of halogens is 1. The zero-order chi connectivity index (χ0) is 21.3. The number of Topliss-reactive ketones (excluding diaryl/α,β-unsaturated/α-hetero) is 1. The van der Waals surface area contributed by atoms with Gasteiger partial charge in [-0.3, -0.25) is 4.79 Å². The standard InChI is InChI=1S/C27H38ClNO/c1-17-14-23-26(2,11-5-13-29(23)4)21-10-12-27(3)22(24(17)21)16-19(25(27)30)15-18-6-8-20(28)9-7-18/h6-9,17,19,21-24H,5,10-16H2,1-4H3/t17?,19?,21-,22+,23?,24-,26-,27+/m1/s1. The number of hydrogen-bond donors (Lipinski definition) is 0. The number of likely N-dealkylation sites (tertiary alicyclic amines) is 1. The molecule has 0 bridgehead atoms. The Hall–Kier alpha value is -0.860. The summed E-state index contributed by atoms with van der Waals surface area (Å²) >= 11 is 6.08. The predicted octanol–water partition coefficient (Wildman–Crippen LogP) is 6.26. The Morgan fingerprint density at radius 2 is 1.83 bits per heavy atom. The van der Waals surface area contributed by atoms with E-state index in [2.05, 4.69) is 44.9 Å². The average molecular weight is 428 g/mol. The van der Waals surface area contributed by atoms with E-state index in [0.29, 0.717) is 17.1 Å². The van der Waals surface area contributed by atoms with E-state index in [1.165, 1.54) is 37.8 Å². The van der Waals surface area contributed by atoms with Crippen molar-refractivity contribution in [2.75, 3.05) is 13.6 Å². The SMILES string of the molecule is CC1CC2N(C)CCC[C@]2(C)[C@@H]2CC[C@]3(C)C(=O)C(Cc4ccc(Cl)cc4)C[C@H]3[C@H]12. The molecule has 2 nitrogen and oxygen atoms in total. The minimum absolute atomic E-state index is 0.101. The first-order valence-electron chi connectivity index (χ1n) is 12.2. The van der Waals surface area contributed by atoms with Gasteiger partial charge in [0.15, 0.2) is 0 Å². The predicted molar refractivity (Wildman–Crippen MR) is 124 cm³/mol. The number of nitrogens with zero attached hydrogens (tertiary/aromatic N) is 1. The zero-order valence-electron chi connectivity index (χ0n) is 19.2. The normalized spacial score (nSPS) is 46.2. The van der Waals surface area contributed by atoms with Crippen LogP contribution in [0.4, 0.5) is 0 Å². The average Bonchev–Trinajstić information content (AvgIpc) is 2.96. The van der Waals surface area contributed by atoms with Crippen molar-refractivity contribution in [1.82, 2.24) is 4.90 Å². The van der Waals surface area contributed by atoms with Crippen LogP contribution < -0.4 is 0 Å². The molecule has 1 aromatic carbocycles. The van der Waals surface area contributed by atoms with Gasteiger partial charge in [-0.25, -0.2) is 0 Å². The summed E-state index contributed by atoms with van der Waals surface area (Å²) in [5.74, 6) is 3.54. The van der Waals surface area contributed by atoms with Gasteiger partial charge in [0.25, 0.3) is 0 Å². The zero-order valence-corrected chi connectivity index (χ0v) is 19.9. The van der Waals surface area contributed by atoms with Gasteiger partial charge in [0.1, 0.15) is 5.78 Å². The summed E-state index contributed by atoms with van der Waals surface area (Å²) in [5, 5.41) is 0.774. The van der Waals surface area contributed by atoms with Gasteiger partial charge in [0, 0.05) is 22.4 Å². The number of piperidine rings is 1. The molecular weight excluding hydrogens is 390 g/mol. The molecule has 1 aliphatic heterocycles. The number of rotatable bonds is 2. The summed E-state index contributed by atoms with van der Waals surface area (Å²) in [7, 11) is 2.35. The van der Waals surface area contributed by atoms with Crippen LogP contribution >= 0.6 is 11.6 Å². The van der Waals surface area contributed by atoms with E-state index >= 15 is 0 Å². The molecule has 4 fully saturated rings. The molecule has 4 aliphatic rings. The van der Waals surface area contributed by atoms with E-state index in [4.69, 9.17) is 11.6 Å². The van der Waals surface area contributed by atoms with Crippen LogP contribution in [0.15, 0.2) is 24.3 Å².